The molecule has 0 saturated heterocycles. The van der Waals surface area contributed by atoms with Crippen molar-refractivity contribution in [2.45, 2.75) is 33.6 Å². The number of carbonyl (C=O) groups is 2. The van der Waals surface area contributed by atoms with Gasteiger partial charge in [-0.1, -0.05) is 36.7 Å². The first-order valence-corrected chi connectivity index (χ1v) is 5.11. The molecule has 2 nitrogen and oxygen atoms in total. The average molecular weight is 235 g/mol. The lowest BCUT2D eigenvalue weighted by Crippen LogP contribution is -2.20. The minimum atomic E-state index is -0.313. The van der Waals surface area contributed by atoms with Crippen LogP contribution in [0.2, 0.25) is 0 Å². The van der Waals surface area contributed by atoms with Crippen LogP contribution in [0.4, 0.5) is 0 Å². The Morgan fingerprint density at radius 3 is 2.00 bits per heavy atom. The van der Waals surface area contributed by atoms with Gasteiger partial charge in [0.2, 0.25) is 0 Å². The van der Waals surface area contributed by atoms with Gasteiger partial charge in [-0.3, -0.25) is 9.59 Å². The van der Waals surface area contributed by atoms with Crippen LogP contribution in [-0.2, 0) is 9.59 Å². The molecule has 12 heavy (non-hydrogen) atoms. The molecule has 0 aliphatic rings. The number of alkyl halides is 1. The summed E-state index contributed by atoms with van der Waals surface area (Å²) in [6.45, 7) is 5.61. The minimum Gasteiger partial charge on any atom is -0.299 e. The Morgan fingerprint density at radius 1 is 1.17 bits per heavy atom. The first-order valence-electron chi connectivity index (χ1n) is 3.99. The number of rotatable bonds is 4. The van der Waals surface area contributed by atoms with Crippen molar-refractivity contribution in [1.29, 1.82) is 0 Å². The fourth-order valence-electron chi connectivity index (χ4n) is 0.695. The van der Waals surface area contributed by atoms with Crippen LogP contribution in [0.1, 0.15) is 33.6 Å². The standard InChI is InChI=1S/C9H15BrO2/c1-9(2,3)8(12)5-4-7(11)6-10/h4-6H2,1-3H3. The minimum absolute atomic E-state index is 0.0904. The van der Waals surface area contributed by atoms with E-state index in [9.17, 15) is 9.59 Å². The van der Waals surface area contributed by atoms with E-state index in [0.717, 1.165) is 0 Å². The van der Waals surface area contributed by atoms with Crippen LogP contribution in [0.15, 0.2) is 0 Å². The van der Waals surface area contributed by atoms with Crippen LogP contribution in [-0.4, -0.2) is 16.9 Å². The molecule has 0 aromatic heterocycles. The highest BCUT2D eigenvalue weighted by molar-refractivity contribution is 9.09. The Labute approximate surface area is 81.8 Å². The smallest absolute Gasteiger partial charge is 0.143 e. The maximum absolute atomic E-state index is 11.3. The van der Waals surface area contributed by atoms with Gasteiger partial charge < -0.3 is 0 Å². The summed E-state index contributed by atoms with van der Waals surface area (Å²) in [5.74, 6) is 0.240. The van der Waals surface area contributed by atoms with Crippen LogP contribution >= 0.6 is 15.9 Å². The summed E-state index contributed by atoms with van der Waals surface area (Å²) in [5, 5.41) is 0.352. The summed E-state index contributed by atoms with van der Waals surface area (Å²) in [7, 11) is 0. The third-order valence-electron chi connectivity index (χ3n) is 1.62. The van der Waals surface area contributed by atoms with Crippen molar-refractivity contribution in [1.82, 2.24) is 0 Å². The highest BCUT2D eigenvalue weighted by atomic mass is 79.9. The zero-order valence-corrected chi connectivity index (χ0v) is 9.40. The van der Waals surface area contributed by atoms with Gasteiger partial charge in [-0.25, -0.2) is 0 Å². The molecule has 70 valence electrons. The molecule has 0 unspecified atom stereocenters. The van der Waals surface area contributed by atoms with Crippen molar-refractivity contribution in [3.63, 3.8) is 0 Å². The third kappa shape index (κ3) is 4.65. The molecule has 0 atom stereocenters. The van der Waals surface area contributed by atoms with E-state index in [0.29, 0.717) is 18.2 Å². The number of hydrogen-bond donors (Lipinski definition) is 0. The zero-order chi connectivity index (χ0) is 9.78. The molecule has 0 radical (unpaired) electrons. The lowest BCUT2D eigenvalue weighted by molar-refractivity contribution is -0.128. The first-order chi connectivity index (χ1) is 5.38. The van der Waals surface area contributed by atoms with E-state index in [4.69, 9.17) is 0 Å². The molecule has 0 aliphatic carbocycles. The fraction of sp³-hybridized carbons (Fsp3) is 0.778. The van der Waals surface area contributed by atoms with E-state index in [-0.39, 0.29) is 17.0 Å². The number of halogens is 1. The molecule has 0 aliphatic heterocycles. The van der Waals surface area contributed by atoms with Gasteiger partial charge >= 0.3 is 0 Å². The Hall–Kier alpha value is -0.180. The summed E-state index contributed by atoms with van der Waals surface area (Å²) in [5.41, 5.74) is -0.313. The summed E-state index contributed by atoms with van der Waals surface area (Å²) in [6, 6.07) is 0. The van der Waals surface area contributed by atoms with Crippen molar-refractivity contribution < 1.29 is 9.59 Å². The molecule has 0 N–H and O–H groups in total. The second-order valence-electron chi connectivity index (χ2n) is 3.85. The molecule has 0 heterocycles. The molecule has 0 spiro atoms. The van der Waals surface area contributed by atoms with Gasteiger partial charge in [0.05, 0.1) is 5.33 Å². The third-order valence-corrected chi connectivity index (χ3v) is 2.24. The van der Waals surface area contributed by atoms with E-state index >= 15 is 0 Å². The molecule has 3 heteroatoms. The predicted molar refractivity (Wildman–Crippen MR) is 52.5 cm³/mol. The summed E-state index contributed by atoms with van der Waals surface area (Å²) >= 11 is 3.05. The SMILES string of the molecule is CC(C)(C)C(=O)CCC(=O)CBr. The first kappa shape index (κ1) is 11.8. The van der Waals surface area contributed by atoms with E-state index in [2.05, 4.69) is 15.9 Å². The largest absolute Gasteiger partial charge is 0.299 e. The van der Waals surface area contributed by atoms with E-state index in [1.165, 1.54) is 0 Å². The Morgan fingerprint density at radius 2 is 1.67 bits per heavy atom. The fourth-order valence-corrected chi connectivity index (χ4v) is 0.975. The monoisotopic (exact) mass is 234 g/mol. The van der Waals surface area contributed by atoms with E-state index in [1.54, 1.807) is 0 Å². The van der Waals surface area contributed by atoms with Crippen molar-refractivity contribution in [2.24, 2.45) is 5.41 Å². The number of hydrogen-bond acceptors (Lipinski definition) is 2. The van der Waals surface area contributed by atoms with Crippen LogP contribution in [0.25, 0.3) is 0 Å². The van der Waals surface area contributed by atoms with Crippen LogP contribution in [0.5, 0.6) is 0 Å². The molecule has 0 amide bonds. The normalized spacial score (nSPS) is 11.3. The highest BCUT2D eigenvalue weighted by Crippen LogP contribution is 2.17. The van der Waals surface area contributed by atoms with Crippen LogP contribution < -0.4 is 0 Å². The number of ketones is 2. The molecule has 0 saturated carbocycles. The van der Waals surface area contributed by atoms with Gasteiger partial charge in [0.15, 0.2) is 0 Å². The van der Waals surface area contributed by atoms with Crippen molar-refractivity contribution >= 4 is 27.5 Å². The average Bonchev–Trinajstić information content (AvgIpc) is 1.97. The van der Waals surface area contributed by atoms with Gasteiger partial charge in [0.25, 0.3) is 0 Å². The predicted octanol–water partition coefficient (Wildman–Crippen LogP) is 2.35. The van der Waals surface area contributed by atoms with Crippen LogP contribution in [0.3, 0.4) is 0 Å². The van der Waals surface area contributed by atoms with Crippen LogP contribution in [0, 0.1) is 5.41 Å². The molecule has 0 aromatic carbocycles. The number of carbonyl (C=O) groups excluding carboxylic acids is 2. The lowest BCUT2D eigenvalue weighted by atomic mass is 9.88. The Bertz CT molecular complexity index is 179. The molecule has 0 aromatic rings. The quantitative estimate of drug-likeness (QED) is 0.701. The summed E-state index contributed by atoms with van der Waals surface area (Å²) < 4.78 is 0. The maximum Gasteiger partial charge on any atom is 0.143 e. The van der Waals surface area contributed by atoms with Gasteiger partial charge in [0.1, 0.15) is 11.6 Å². The van der Waals surface area contributed by atoms with Crippen molar-refractivity contribution in [3.8, 4) is 0 Å². The summed E-state index contributed by atoms with van der Waals surface area (Å²) in [6.07, 6.45) is 0.731. The molecule has 0 fully saturated rings. The Kier molecular flexibility index (Phi) is 4.68. The van der Waals surface area contributed by atoms with Gasteiger partial charge in [-0.2, -0.15) is 0 Å². The van der Waals surface area contributed by atoms with E-state index < -0.39 is 0 Å². The number of Topliss-reactive ketones (excluding diaryl/α,β-unsaturated/α-hetero) is 2. The molecular weight excluding hydrogens is 220 g/mol. The Balaban J connectivity index is 3.81. The van der Waals surface area contributed by atoms with Gasteiger partial charge in [0, 0.05) is 18.3 Å². The van der Waals surface area contributed by atoms with Gasteiger partial charge in [-0.05, 0) is 0 Å². The highest BCUT2D eigenvalue weighted by Gasteiger charge is 2.20. The van der Waals surface area contributed by atoms with Crippen molar-refractivity contribution in [2.75, 3.05) is 5.33 Å². The molecule has 0 rings (SSSR count). The second kappa shape index (κ2) is 4.75. The topological polar surface area (TPSA) is 34.1 Å². The zero-order valence-electron chi connectivity index (χ0n) is 7.82. The molecular formula is C9H15BrO2. The van der Waals surface area contributed by atoms with E-state index in [1.807, 2.05) is 20.8 Å². The summed E-state index contributed by atoms with van der Waals surface area (Å²) in [4.78, 5) is 22.2. The van der Waals surface area contributed by atoms with Gasteiger partial charge in [-0.15, -0.1) is 0 Å². The second-order valence-corrected chi connectivity index (χ2v) is 4.41. The maximum atomic E-state index is 11.3. The van der Waals surface area contributed by atoms with Crippen molar-refractivity contribution in [3.05, 3.63) is 0 Å². The lowest BCUT2D eigenvalue weighted by Gasteiger charge is -2.15. The molecule has 0 bridgehead atoms.